The van der Waals surface area contributed by atoms with Crippen LogP contribution in [0.2, 0.25) is 0 Å². The summed E-state index contributed by atoms with van der Waals surface area (Å²) >= 11 is 0. The fraction of sp³-hybridized carbons (Fsp3) is 0.583. The number of pyridine rings is 1. The summed E-state index contributed by atoms with van der Waals surface area (Å²) in [5, 5.41) is 41.2. The molecule has 0 spiro atoms. The zero-order chi connectivity index (χ0) is 13.8. The van der Waals surface area contributed by atoms with Crippen LogP contribution in [-0.4, -0.2) is 62.7 Å². The van der Waals surface area contributed by atoms with E-state index in [0.29, 0.717) is 6.54 Å². The van der Waals surface area contributed by atoms with Crippen LogP contribution in [0.5, 0.6) is 0 Å². The van der Waals surface area contributed by atoms with Crippen molar-refractivity contribution in [3.05, 3.63) is 30.1 Å². The summed E-state index contributed by atoms with van der Waals surface area (Å²) in [4.78, 5) is 4.09. The second kappa shape index (κ2) is 6.38. The van der Waals surface area contributed by atoms with Gasteiger partial charge in [0.1, 0.15) is 18.3 Å². The monoisotopic (exact) mass is 270 g/mol. The molecular weight excluding hydrogens is 252 g/mol. The minimum atomic E-state index is -1.31. The van der Waals surface area contributed by atoms with Gasteiger partial charge in [0.05, 0.1) is 18.3 Å². The van der Waals surface area contributed by atoms with Crippen LogP contribution in [0.25, 0.3) is 0 Å². The minimum absolute atomic E-state index is 0.319. The summed E-state index contributed by atoms with van der Waals surface area (Å²) in [5.41, 5.74) is 0.737. The highest BCUT2D eigenvalue weighted by molar-refractivity contribution is 5.04. The van der Waals surface area contributed by atoms with Crippen molar-refractivity contribution < 1.29 is 25.2 Å². The summed E-state index contributed by atoms with van der Waals surface area (Å²) in [7, 11) is 0. The third-order valence-corrected chi connectivity index (χ3v) is 3.15. The molecule has 1 aromatic heterocycles. The third-order valence-electron chi connectivity index (χ3n) is 3.15. The molecule has 2 heterocycles. The van der Waals surface area contributed by atoms with Crippen molar-refractivity contribution in [3.8, 4) is 0 Å². The second-order valence-corrected chi connectivity index (χ2v) is 4.46. The van der Waals surface area contributed by atoms with Crippen molar-refractivity contribution in [2.75, 3.05) is 6.61 Å². The molecule has 7 nitrogen and oxygen atoms in total. The lowest BCUT2D eigenvalue weighted by Gasteiger charge is -2.40. The Labute approximate surface area is 110 Å². The van der Waals surface area contributed by atoms with Gasteiger partial charge in [-0.15, -0.1) is 0 Å². The Morgan fingerprint density at radius 1 is 1.21 bits per heavy atom. The molecule has 1 saturated heterocycles. The summed E-state index contributed by atoms with van der Waals surface area (Å²) in [6.07, 6.45) is -3.14. The van der Waals surface area contributed by atoms with E-state index in [0.717, 1.165) is 5.69 Å². The van der Waals surface area contributed by atoms with Crippen LogP contribution in [0.15, 0.2) is 24.4 Å². The Kier molecular flexibility index (Phi) is 4.81. The molecule has 5 atom stereocenters. The van der Waals surface area contributed by atoms with Gasteiger partial charge in [0.2, 0.25) is 0 Å². The van der Waals surface area contributed by atoms with Crippen molar-refractivity contribution in [2.45, 2.75) is 37.2 Å². The highest BCUT2D eigenvalue weighted by atomic mass is 16.6. The zero-order valence-electron chi connectivity index (χ0n) is 10.3. The number of hydrogen-bond acceptors (Lipinski definition) is 7. The van der Waals surface area contributed by atoms with Crippen LogP contribution in [0.4, 0.5) is 0 Å². The quantitative estimate of drug-likeness (QED) is 0.428. The van der Waals surface area contributed by atoms with E-state index in [9.17, 15) is 15.3 Å². The standard InChI is InChI=1S/C12H18N2O5/c15-6-8-10(16)11(17)9(12(18)19-8)14-5-7-3-1-2-4-13-7/h1-4,8-12,14-18H,5-6H2/t8-,9-,10-,11-,12+/m1/s1. The molecule has 1 aliphatic heterocycles. The molecule has 106 valence electrons. The Balaban J connectivity index is 1.96. The molecule has 7 heteroatoms. The number of hydrogen-bond donors (Lipinski definition) is 5. The molecule has 0 amide bonds. The number of nitrogens with zero attached hydrogens (tertiary/aromatic N) is 1. The van der Waals surface area contributed by atoms with Gasteiger partial charge in [0, 0.05) is 12.7 Å². The van der Waals surface area contributed by atoms with Gasteiger partial charge in [-0.1, -0.05) is 6.07 Å². The largest absolute Gasteiger partial charge is 0.394 e. The minimum Gasteiger partial charge on any atom is -0.394 e. The van der Waals surface area contributed by atoms with Gasteiger partial charge in [-0.05, 0) is 12.1 Å². The average Bonchev–Trinajstić information content (AvgIpc) is 2.44. The van der Waals surface area contributed by atoms with Crippen molar-refractivity contribution in [1.82, 2.24) is 10.3 Å². The van der Waals surface area contributed by atoms with Gasteiger partial charge in [0.15, 0.2) is 6.29 Å². The van der Waals surface area contributed by atoms with E-state index in [1.807, 2.05) is 6.07 Å². The molecule has 0 aliphatic carbocycles. The van der Waals surface area contributed by atoms with Gasteiger partial charge in [-0.25, -0.2) is 0 Å². The number of aromatic nitrogens is 1. The van der Waals surface area contributed by atoms with E-state index in [1.54, 1.807) is 18.3 Å². The SMILES string of the molecule is OC[C@H]1O[C@H](O)[C@H](NCc2ccccn2)[C@@H](O)[C@@H]1O. The number of ether oxygens (including phenoxy) is 1. The van der Waals surface area contributed by atoms with Crippen molar-refractivity contribution in [1.29, 1.82) is 0 Å². The maximum Gasteiger partial charge on any atom is 0.173 e. The molecule has 5 N–H and O–H groups in total. The fourth-order valence-corrected chi connectivity index (χ4v) is 2.04. The number of aliphatic hydroxyl groups is 4. The molecule has 2 rings (SSSR count). The summed E-state index contributed by atoms with van der Waals surface area (Å²) < 4.78 is 5.03. The van der Waals surface area contributed by atoms with Crippen molar-refractivity contribution in [2.24, 2.45) is 0 Å². The van der Waals surface area contributed by atoms with Crippen LogP contribution in [0.3, 0.4) is 0 Å². The normalized spacial score (nSPS) is 35.3. The topological polar surface area (TPSA) is 115 Å². The van der Waals surface area contributed by atoms with Crippen LogP contribution in [-0.2, 0) is 11.3 Å². The van der Waals surface area contributed by atoms with E-state index in [-0.39, 0.29) is 0 Å². The van der Waals surface area contributed by atoms with E-state index < -0.39 is 37.3 Å². The first-order valence-corrected chi connectivity index (χ1v) is 6.07. The van der Waals surface area contributed by atoms with Gasteiger partial charge in [-0.3, -0.25) is 4.98 Å². The predicted molar refractivity (Wildman–Crippen MR) is 64.8 cm³/mol. The maximum absolute atomic E-state index is 9.90. The fourth-order valence-electron chi connectivity index (χ4n) is 2.04. The maximum atomic E-state index is 9.90. The highest BCUT2D eigenvalue weighted by Gasteiger charge is 2.43. The smallest absolute Gasteiger partial charge is 0.173 e. The highest BCUT2D eigenvalue weighted by Crippen LogP contribution is 2.19. The Hall–Kier alpha value is -1.09. The number of aliphatic hydroxyl groups excluding tert-OH is 4. The molecule has 0 aromatic carbocycles. The van der Waals surface area contributed by atoms with E-state index >= 15 is 0 Å². The van der Waals surface area contributed by atoms with Crippen LogP contribution in [0, 0.1) is 0 Å². The lowest BCUT2D eigenvalue weighted by Crippen LogP contribution is -2.63. The first kappa shape index (κ1) is 14.3. The van der Waals surface area contributed by atoms with E-state index in [1.165, 1.54) is 0 Å². The van der Waals surface area contributed by atoms with E-state index in [2.05, 4.69) is 10.3 Å². The zero-order valence-corrected chi connectivity index (χ0v) is 10.3. The molecule has 0 bridgehead atoms. The molecular formula is C12H18N2O5. The Morgan fingerprint density at radius 2 is 2.00 bits per heavy atom. The van der Waals surface area contributed by atoms with E-state index in [4.69, 9.17) is 9.84 Å². The number of rotatable bonds is 4. The number of nitrogens with one attached hydrogen (secondary N) is 1. The van der Waals surface area contributed by atoms with Crippen LogP contribution >= 0.6 is 0 Å². The Bertz CT molecular complexity index is 391. The molecule has 0 unspecified atom stereocenters. The molecule has 19 heavy (non-hydrogen) atoms. The van der Waals surface area contributed by atoms with Crippen LogP contribution < -0.4 is 5.32 Å². The average molecular weight is 270 g/mol. The molecule has 1 aromatic rings. The summed E-state index contributed by atoms with van der Waals surface area (Å²) in [5.74, 6) is 0. The lowest BCUT2D eigenvalue weighted by molar-refractivity contribution is -0.254. The van der Waals surface area contributed by atoms with Gasteiger partial charge < -0.3 is 30.5 Å². The van der Waals surface area contributed by atoms with Crippen molar-refractivity contribution in [3.63, 3.8) is 0 Å². The molecule has 1 fully saturated rings. The Morgan fingerprint density at radius 3 is 2.63 bits per heavy atom. The van der Waals surface area contributed by atoms with Gasteiger partial charge in [-0.2, -0.15) is 0 Å². The summed E-state index contributed by atoms with van der Waals surface area (Å²) in [6, 6.07) is 4.56. The summed E-state index contributed by atoms with van der Waals surface area (Å²) in [6.45, 7) is -0.151. The molecule has 0 saturated carbocycles. The molecule has 1 aliphatic rings. The van der Waals surface area contributed by atoms with Crippen molar-refractivity contribution >= 4 is 0 Å². The van der Waals surface area contributed by atoms with Crippen LogP contribution in [0.1, 0.15) is 5.69 Å². The van der Waals surface area contributed by atoms with Gasteiger partial charge >= 0.3 is 0 Å². The first-order valence-electron chi connectivity index (χ1n) is 6.07. The van der Waals surface area contributed by atoms with Gasteiger partial charge in [0.25, 0.3) is 0 Å². The third kappa shape index (κ3) is 3.27. The molecule has 0 radical (unpaired) electrons. The predicted octanol–water partition coefficient (Wildman–Crippen LogP) is -2.03. The lowest BCUT2D eigenvalue weighted by atomic mass is 9.97. The first-order chi connectivity index (χ1) is 9.13. The second-order valence-electron chi connectivity index (χ2n) is 4.46.